The molecule has 3 rings (SSSR count). The Balaban J connectivity index is 1.76. The molecule has 2 N–H and O–H groups in total. The lowest BCUT2D eigenvalue weighted by Gasteiger charge is -2.23. The van der Waals surface area contributed by atoms with Crippen LogP contribution in [0.4, 0.5) is 17.5 Å². The van der Waals surface area contributed by atoms with Gasteiger partial charge in [-0.05, 0) is 38.0 Å². The number of nitrogens with one attached hydrogen (secondary N) is 2. The topological polar surface area (TPSA) is 49.8 Å². The van der Waals surface area contributed by atoms with Crippen LogP contribution in [0.1, 0.15) is 37.8 Å². The fourth-order valence-electron chi connectivity index (χ4n) is 2.90. The summed E-state index contributed by atoms with van der Waals surface area (Å²) in [6, 6.07) is 7.72. The fraction of sp³-hybridized carbons (Fsp3) is 0.412. The van der Waals surface area contributed by atoms with Gasteiger partial charge in [0.25, 0.3) is 0 Å². The number of rotatable bonds is 4. The van der Waals surface area contributed by atoms with Gasteiger partial charge in [-0.15, -0.1) is 0 Å². The van der Waals surface area contributed by atoms with Crippen molar-refractivity contribution in [1.29, 1.82) is 0 Å². The summed E-state index contributed by atoms with van der Waals surface area (Å²) in [6.45, 7) is 1.96. The molecule has 2 aromatic rings. The molecular weight excluding hydrogens is 331 g/mol. The summed E-state index contributed by atoms with van der Waals surface area (Å²) < 4.78 is 0. The van der Waals surface area contributed by atoms with Crippen LogP contribution in [0.25, 0.3) is 0 Å². The van der Waals surface area contributed by atoms with E-state index in [2.05, 4.69) is 20.6 Å². The predicted molar refractivity (Wildman–Crippen MR) is 97.0 cm³/mol. The monoisotopic (exact) mass is 350 g/mol. The third kappa shape index (κ3) is 4.72. The first-order valence-electron chi connectivity index (χ1n) is 7.94. The van der Waals surface area contributed by atoms with Gasteiger partial charge in [0, 0.05) is 33.5 Å². The minimum absolute atomic E-state index is 0.471. The molecule has 6 heteroatoms. The van der Waals surface area contributed by atoms with E-state index in [1.807, 2.05) is 25.1 Å². The number of nitrogens with zero attached hydrogens (tertiary/aromatic N) is 2. The number of halogens is 2. The van der Waals surface area contributed by atoms with Crippen molar-refractivity contribution in [3.05, 3.63) is 40.0 Å². The van der Waals surface area contributed by atoms with Gasteiger partial charge < -0.3 is 10.6 Å². The summed E-state index contributed by atoms with van der Waals surface area (Å²) in [5, 5.41) is 7.88. The van der Waals surface area contributed by atoms with E-state index in [0.29, 0.717) is 22.0 Å². The Bertz CT molecular complexity index is 664. The lowest BCUT2D eigenvalue weighted by Crippen LogP contribution is -2.23. The third-order valence-electron chi connectivity index (χ3n) is 3.93. The van der Waals surface area contributed by atoms with E-state index in [-0.39, 0.29) is 0 Å². The van der Waals surface area contributed by atoms with Gasteiger partial charge in [0.1, 0.15) is 5.82 Å². The number of aryl methyl sites for hydroxylation is 1. The predicted octanol–water partition coefficient (Wildman–Crippen LogP) is 5.58. The standard InChI is InChI=1S/C17H20Cl2N4/c1-11-7-16(21-15-9-12(18)8-13(19)10-15)23-17(20-11)22-14-5-3-2-4-6-14/h7-10,14H,2-6H2,1H3,(H2,20,21,22,23). The average Bonchev–Trinajstić information content (AvgIpc) is 2.46. The van der Waals surface area contributed by atoms with Crippen LogP contribution in [0, 0.1) is 6.92 Å². The van der Waals surface area contributed by atoms with Gasteiger partial charge in [-0.3, -0.25) is 0 Å². The van der Waals surface area contributed by atoms with Gasteiger partial charge in [-0.2, -0.15) is 4.98 Å². The normalized spacial score (nSPS) is 15.4. The number of hydrogen-bond acceptors (Lipinski definition) is 4. The first-order chi connectivity index (χ1) is 11.1. The Morgan fingerprint density at radius 2 is 1.65 bits per heavy atom. The third-order valence-corrected chi connectivity index (χ3v) is 4.36. The maximum atomic E-state index is 6.04. The second-order valence-corrected chi connectivity index (χ2v) is 6.85. The smallest absolute Gasteiger partial charge is 0.225 e. The molecule has 1 aliphatic rings. The highest BCUT2D eigenvalue weighted by Gasteiger charge is 2.14. The summed E-state index contributed by atoms with van der Waals surface area (Å²) in [5.41, 5.74) is 1.72. The second-order valence-electron chi connectivity index (χ2n) is 5.98. The van der Waals surface area contributed by atoms with E-state index in [1.165, 1.54) is 32.1 Å². The molecule has 1 saturated carbocycles. The molecule has 0 unspecified atom stereocenters. The second kappa shape index (κ2) is 7.37. The summed E-state index contributed by atoms with van der Waals surface area (Å²) >= 11 is 12.1. The quantitative estimate of drug-likeness (QED) is 0.755. The fourth-order valence-corrected chi connectivity index (χ4v) is 3.43. The SMILES string of the molecule is Cc1cc(Nc2cc(Cl)cc(Cl)c2)nc(NC2CCCCC2)n1. The Labute approximate surface area is 146 Å². The summed E-state index contributed by atoms with van der Waals surface area (Å²) in [6.07, 6.45) is 6.24. The van der Waals surface area contributed by atoms with Crippen molar-refractivity contribution < 1.29 is 0 Å². The van der Waals surface area contributed by atoms with Crippen molar-refractivity contribution in [3.63, 3.8) is 0 Å². The lowest BCUT2D eigenvalue weighted by atomic mass is 9.96. The van der Waals surface area contributed by atoms with Crippen LogP contribution in [-0.4, -0.2) is 16.0 Å². The molecule has 0 aliphatic heterocycles. The molecule has 0 spiro atoms. The van der Waals surface area contributed by atoms with Crippen LogP contribution < -0.4 is 10.6 Å². The van der Waals surface area contributed by atoms with E-state index < -0.39 is 0 Å². The molecule has 23 heavy (non-hydrogen) atoms. The number of hydrogen-bond donors (Lipinski definition) is 2. The van der Waals surface area contributed by atoms with Crippen LogP contribution in [0.2, 0.25) is 10.0 Å². The molecule has 0 saturated heterocycles. The first-order valence-corrected chi connectivity index (χ1v) is 8.69. The summed E-state index contributed by atoms with van der Waals surface area (Å²) in [4.78, 5) is 9.05. The van der Waals surface area contributed by atoms with Crippen molar-refractivity contribution in [3.8, 4) is 0 Å². The highest BCUT2D eigenvalue weighted by atomic mass is 35.5. The molecular formula is C17H20Cl2N4. The van der Waals surface area contributed by atoms with Gasteiger partial charge in [-0.1, -0.05) is 42.5 Å². The zero-order valence-electron chi connectivity index (χ0n) is 13.1. The molecule has 0 bridgehead atoms. The lowest BCUT2D eigenvalue weighted by molar-refractivity contribution is 0.461. The number of benzene rings is 1. The number of aromatic nitrogens is 2. The maximum absolute atomic E-state index is 6.04. The molecule has 1 aliphatic carbocycles. The number of anilines is 3. The van der Waals surface area contributed by atoms with Crippen molar-refractivity contribution >= 4 is 40.7 Å². The minimum Gasteiger partial charge on any atom is -0.351 e. The van der Waals surface area contributed by atoms with E-state index in [9.17, 15) is 0 Å². The molecule has 1 heterocycles. The van der Waals surface area contributed by atoms with Crippen LogP contribution >= 0.6 is 23.2 Å². The largest absolute Gasteiger partial charge is 0.351 e. The van der Waals surface area contributed by atoms with Gasteiger partial charge in [0.15, 0.2) is 0 Å². The Kier molecular flexibility index (Phi) is 5.23. The van der Waals surface area contributed by atoms with Gasteiger partial charge >= 0.3 is 0 Å². The maximum Gasteiger partial charge on any atom is 0.225 e. The Morgan fingerprint density at radius 3 is 2.35 bits per heavy atom. The average molecular weight is 351 g/mol. The molecule has 4 nitrogen and oxygen atoms in total. The van der Waals surface area contributed by atoms with Gasteiger partial charge in [0.2, 0.25) is 5.95 Å². The van der Waals surface area contributed by atoms with E-state index in [1.54, 1.807) is 6.07 Å². The summed E-state index contributed by atoms with van der Waals surface area (Å²) in [5.74, 6) is 1.40. The molecule has 0 amide bonds. The molecule has 122 valence electrons. The molecule has 1 aromatic carbocycles. The first kappa shape index (κ1) is 16.3. The Morgan fingerprint density at radius 1 is 0.957 bits per heavy atom. The minimum atomic E-state index is 0.471. The highest BCUT2D eigenvalue weighted by molar-refractivity contribution is 6.35. The summed E-state index contributed by atoms with van der Waals surface area (Å²) in [7, 11) is 0. The molecule has 1 aromatic heterocycles. The van der Waals surface area contributed by atoms with Crippen LogP contribution in [0.15, 0.2) is 24.3 Å². The van der Waals surface area contributed by atoms with Crippen molar-refractivity contribution in [2.75, 3.05) is 10.6 Å². The van der Waals surface area contributed by atoms with Gasteiger partial charge in [-0.25, -0.2) is 4.98 Å². The van der Waals surface area contributed by atoms with Gasteiger partial charge in [0.05, 0.1) is 0 Å². The van der Waals surface area contributed by atoms with Crippen LogP contribution in [0.3, 0.4) is 0 Å². The van der Waals surface area contributed by atoms with Crippen molar-refractivity contribution in [1.82, 2.24) is 9.97 Å². The van der Waals surface area contributed by atoms with Crippen LogP contribution in [-0.2, 0) is 0 Å². The zero-order chi connectivity index (χ0) is 16.2. The van der Waals surface area contributed by atoms with E-state index in [0.717, 1.165) is 17.2 Å². The van der Waals surface area contributed by atoms with Crippen LogP contribution in [0.5, 0.6) is 0 Å². The van der Waals surface area contributed by atoms with E-state index >= 15 is 0 Å². The molecule has 0 radical (unpaired) electrons. The van der Waals surface area contributed by atoms with E-state index in [4.69, 9.17) is 23.2 Å². The molecule has 1 fully saturated rings. The molecule has 0 atom stereocenters. The highest BCUT2D eigenvalue weighted by Crippen LogP contribution is 2.26. The van der Waals surface area contributed by atoms with Crippen molar-refractivity contribution in [2.45, 2.75) is 45.1 Å². The Hall–Kier alpha value is -1.52. The zero-order valence-corrected chi connectivity index (χ0v) is 14.6. The van der Waals surface area contributed by atoms with Crippen molar-refractivity contribution in [2.24, 2.45) is 0 Å².